The quantitative estimate of drug-likeness (QED) is 0.618. The van der Waals surface area contributed by atoms with Crippen LogP contribution in [0.2, 0.25) is 0 Å². The number of halogens is 1. The van der Waals surface area contributed by atoms with Gasteiger partial charge in [0.15, 0.2) is 6.61 Å². The highest BCUT2D eigenvalue weighted by Crippen LogP contribution is 2.22. The standard InChI is InChI=1S/C12H11BrN2O3S/c1-8-4-14-15(5-8)6-11(17)18-7-10(16)12-9(13)2-3-19-12/h2-5H,6-7H2,1H3. The lowest BCUT2D eigenvalue weighted by molar-refractivity contribution is -0.143. The van der Waals surface area contributed by atoms with Gasteiger partial charge in [0.05, 0.1) is 11.1 Å². The number of hydrogen-bond donors (Lipinski definition) is 0. The van der Waals surface area contributed by atoms with E-state index in [2.05, 4.69) is 21.0 Å². The molecule has 0 amide bonds. The third kappa shape index (κ3) is 3.74. The fraction of sp³-hybridized carbons (Fsp3) is 0.250. The molecule has 0 bridgehead atoms. The maximum atomic E-state index is 11.8. The second-order valence-electron chi connectivity index (χ2n) is 3.90. The predicted molar refractivity (Wildman–Crippen MR) is 74.3 cm³/mol. The van der Waals surface area contributed by atoms with E-state index in [-0.39, 0.29) is 18.9 Å². The molecule has 0 aliphatic rings. The number of nitrogens with zero attached hydrogens (tertiary/aromatic N) is 2. The zero-order valence-corrected chi connectivity index (χ0v) is 12.5. The highest BCUT2D eigenvalue weighted by atomic mass is 79.9. The molecule has 0 aliphatic heterocycles. The first-order valence-corrected chi connectivity index (χ1v) is 7.14. The second-order valence-corrected chi connectivity index (χ2v) is 5.67. The summed E-state index contributed by atoms with van der Waals surface area (Å²) in [6.07, 6.45) is 3.39. The Morgan fingerprint density at radius 3 is 2.89 bits per heavy atom. The van der Waals surface area contributed by atoms with Gasteiger partial charge in [0, 0.05) is 10.7 Å². The summed E-state index contributed by atoms with van der Waals surface area (Å²) < 4.78 is 7.13. The minimum Gasteiger partial charge on any atom is -0.456 e. The smallest absolute Gasteiger partial charge is 0.328 e. The predicted octanol–water partition coefficient (Wildman–Crippen LogP) is 2.44. The summed E-state index contributed by atoms with van der Waals surface area (Å²) in [6.45, 7) is 1.64. The van der Waals surface area contributed by atoms with Crippen molar-refractivity contribution < 1.29 is 14.3 Å². The van der Waals surface area contributed by atoms with Gasteiger partial charge < -0.3 is 4.74 Å². The molecule has 100 valence electrons. The Morgan fingerprint density at radius 1 is 1.53 bits per heavy atom. The van der Waals surface area contributed by atoms with E-state index in [0.717, 1.165) is 10.0 Å². The number of rotatable bonds is 5. The molecule has 7 heteroatoms. The first-order valence-electron chi connectivity index (χ1n) is 5.47. The van der Waals surface area contributed by atoms with E-state index in [9.17, 15) is 9.59 Å². The Hall–Kier alpha value is -1.47. The lowest BCUT2D eigenvalue weighted by Crippen LogP contribution is -2.18. The number of esters is 1. The van der Waals surface area contributed by atoms with Gasteiger partial charge in [0.1, 0.15) is 6.54 Å². The van der Waals surface area contributed by atoms with E-state index in [0.29, 0.717) is 4.88 Å². The Bertz CT molecular complexity index is 606. The minimum absolute atomic E-state index is 0.00668. The molecule has 0 spiro atoms. The van der Waals surface area contributed by atoms with Gasteiger partial charge in [-0.3, -0.25) is 14.3 Å². The van der Waals surface area contributed by atoms with Crippen molar-refractivity contribution in [3.05, 3.63) is 38.8 Å². The number of aryl methyl sites for hydroxylation is 1. The van der Waals surface area contributed by atoms with Crippen LogP contribution in [0.5, 0.6) is 0 Å². The summed E-state index contributed by atoms with van der Waals surface area (Å²) in [6, 6.07) is 1.78. The van der Waals surface area contributed by atoms with E-state index < -0.39 is 5.97 Å². The molecule has 2 aromatic heterocycles. The zero-order valence-electron chi connectivity index (χ0n) is 10.1. The molecule has 0 N–H and O–H groups in total. The summed E-state index contributed by atoms with van der Waals surface area (Å²) >= 11 is 4.58. The van der Waals surface area contributed by atoms with Crippen molar-refractivity contribution in [3.8, 4) is 0 Å². The molecule has 0 unspecified atom stereocenters. The van der Waals surface area contributed by atoms with Gasteiger partial charge in [-0.05, 0) is 39.9 Å². The Morgan fingerprint density at radius 2 is 2.32 bits per heavy atom. The van der Waals surface area contributed by atoms with Gasteiger partial charge in [-0.15, -0.1) is 11.3 Å². The van der Waals surface area contributed by atoms with Crippen LogP contribution in [-0.2, 0) is 16.1 Å². The molecule has 0 saturated carbocycles. The lowest BCUT2D eigenvalue weighted by atomic mass is 10.3. The van der Waals surface area contributed by atoms with Crippen LogP contribution in [0.15, 0.2) is 28.3 Å². The van der Waals surface area contributed by atoms with Gasteiger partial charge in [-0.25, -0.2) is 0 Å². The largest absolute Gasteiger partial charge is 0.456 e. The summed E-state index contributed by atoms with van der Waals surface area (Å²) in [7, 11) is 0. The van der Waals surface area contributed by atoms with Gasteiger partial charge in [0.2, 0.25) is 5.78 Å². The molecular formula is C12H11BrN2O3S. The monoisotopic (exact) mass is 342 g/mol. The molecule has 0 saturated heterocycles. The number of Topliss-reactive ketones (excluding diaryl/α,β-unsaturated/α-hetero) is 1. The first kappa shape index (κ1) is 14.0. The normalized spacial score (nSPS) is 10.4. The summed E-state index contributed by atoms with van der Waals surface area (Å²) in [4.78, 5) is 23.9. The third-order valence-electron chi connectivity index (χ3n) is 2.29. The van der Waals surface area contributed by atoms with Crippen LogP contribution >= 0.6 is 27.3 Å². The maximum absolute atomic E-state index is 11.8. The molecule has 0 aliphatic carbocycles. The van der Waals surface area contributed by atoms with Crippen molar-refractivity contribution in [2.24, 2.45) is 0 Å². The van der Waals surface area contributed by atoms with Crippen LogP contribution in [-0.4, -0.2) is 28.1 Å². The lowest BCUT2D eigenvalue weighted by Gasteiger charge is -2.03. The van der Waals surface area contributed by atoms with E-state index in [1.807, 2.05) is 6.92 Å². The summed E-state index contributed by atoms with van der Waals surface area (Å²) in [5.74, 6) is -0.698. The van der Waals surface area contributed by atoms with Crippen LogP contribution in [0.25, 0.3) is 0 Å². The van der Waals surface area contributed by atoms with Crippen molar-refractivity contribution in [3.63, 3.8) is 0 Å². The van der Waals surface area contributed by atoms with Crippen molar-refractivity contribution in [1.82, 2.24) is 9.78 Å². The molecule has 5 nitrogen and oxygen atoms in total. The second kappa shape index (κ2) is 6.12. The number of ketones is 1. The summed E-state index contributed by atoms with van der Waals surface area (Å²) in [5, 5.41) is 5.77. The van der Waals surface area contributed by atoms with Crippen LogP contribution in [0.3, 0.4) is 0 Å². The van der Waals surface area contributed by atoms with Gasteiger partial charge in [-0.2, -0.15) is 5.10 Å². The maximum Gasteiger partial charge on any atom is 0.328 e. The average Bonchev–Trinajstić information content (AvgIpc) is 2.95. The van der Waals surface area contributed by atoms with Gasteiger partial charge in [-0.1, -0.05) is 0 Å². The molecule has 0 aromatic carbocycles. The fourth-order valence-corrected chi connectivity index (χ4v) is 2.96. The molecular weight excluding hydrogens is 332 g/mol. The van der Waals surface area contributed by atoms with Crippen molar-refractivity contribution in [1.29, 1.82) is 0 Å². The molecule has 0 radical (unpaired) electrons. The van der Waals surface area contributed by atoms with E-state index >= 15 is 0 Å². The number of carbonyl (C=O) groups is 2. The molecule has 2 aromatic rings. The van der Waals surface area contributed by atoms with Crippen LogP contribution in [0, 0.1) is 6.92 Å². The fourth-order valence-electron chi connectivity index (χ4n) is 1.44. The number of thiophene rings is 1. The van der Waals surface area contributed by atoms with Crippen LogP contribution in [0.1, 0.15) is 15.2 Å². The number of ether oxygens (including phenoxy) is 1. The molecule has 19 heavy (non-hydrogen) atoms. The topological polar surface area (TPSA) is 61.2 Å². The Balaban J connectivity index is 1.84. The Kier molecular flexibility index (Phi) is 4.49. The van der Waals surface area contributed by atoms with E-state index in [1.54, 1.807) is 23.8 Å². The highest BCUT2D eigenvalue weighted by molar-refractivity contribution is 9.10. The first-order chi connectivity index (χ1) is 9.06. The van der Waals surface area contributed by atoms with E-state index in [1.165, 1.54) is 16.0 Å². The van der Waals surface area contributed by atoms with E-state index in [4.69, 9.17) is 4.74 Å². The van der Waals surface area contributed by atoms with Crippen LogP contribution < -0.4 is 0 Å². The number of carbonyl (C=O) groups excluding carboxylic acids is 2. The molecule has 2 rings (SSSR count). The van der Waals surface area contributed by atoms with Crippen molar-refractivity contribution in [2.45, 2.75) is 13.5 Å². The molecule has 0 fully saturated rings. The van der Waals surface area contributed by atoms with Crippen LogP contribution in [0.4, 0.5) is 0 Å². The Labute approximate surface area is 122 Å². The average molecular weight is 343 g/mol. The molecule has 0 atom stereocenters. The van der Waals surface area contributed by atoms with Crippen molar-refractivity contribution in [2.75, 3.05) is 6.61 Å². The number of aromatic nitrogens is 2. The SMILES string of the molecule is Cc1cnn(CC(=O)OCC(=O)c2sccc2Br)c1. The highest BCUT2D eigenvalue weighted by Gasteiger charge is 2.14. The van der Waals surface area contributed by atoms with Gasteiger partial charge in [0.25, 0.3) is 0 Å². The van der Waals surface area contributed by atoms with Crippen molar-refractivity contribution >= 4 is 39.0 Å². The minimum atomic E-state index is -0.482. The molecule has 2 heterocycles. The zero-order chi connectivity index (χ0) is 13.8. The third-order valence-corrected chi connectivity index (χ3v) is 4.17. The summed E-state index contributed by atoms with van der Waals surface area (Å²) in [5.41, 5.74) is 0.964. The van der Waals surface area contributed by atoms with Gasteiger partial charge >= 0.3 is 5.97 Å². The number of hydrogen-bond acceptors (Lipinski definition) is 5.